The highest BCUT2D eigenvalue weighted by molar-refractivity contribution is 9.10. The van der Waals surface area contributed by atoms with E-state index in [1.54, 1.807) is 6.20 Å². The van der Waals surface area contributed by atoms with E-state index in [9.17, 15) is 0 Å². The monoisotopic (exact) mass is 272 g/mol. The van der Waals surface area contributed by atoms with Crippen LogP contribution < -0.4 is 5.32 Å². The second-order valence-corrected chi connectivity index (χ2v) is 4.77. The number of aryl methyl sites for hydroxylation is 1. The molecule has 2 unspecified atom stereocenters. The normalized spacial score (nSPS) is 14.7. The smallest absolute Gasteiger partial charge is 0.126 e. The van der Waals surface area contributed by atoms with E-state index < -0.39 is 0 Å². The van der Waals surface area contributed by atoms with Gasteiger partial charge in [0.15, 0.2) is 0 Å². The maximum atomic E-state index is 9.01. The maximum absolute atomic E-state index is 9.01. The molecule has 4 heteroatoms. The Morgan fingerprint density at radius 1 is 1.53 bits per heavy atom. The third kappa shape index (κ3) is 3.47. The van der Waals surface area contributed by atoms with Gasteiger partial charge in [-0.3, -0.25) is 0 Å². The molecule has 1 rings (SSSR count). The van der Waals surface area contributed by atoms with Gasteiger partial charge in [-0.1, -0.05) is 6.92 Å². The number of nitrogens with zero attached hydrogens (tertiary/aromatic N) is 1. The fourth-order valence-electron chi connectivity index (χ4n) is 1.15. The molecule has 0 aromatic carbocycles. The molecule has 0 radical (unpaired) electrons. The first-order chi connectivity index (χ1) is 7.04. The van der Waals surface area contributed by atoms with Crippen molar-refractivity contribution in [2.75, 3.05) is 11.9 Å². The van der Waals surface area contributed by atoms with Crippen LogP contribution in [0.15, 0.2) is 16.7 Å². The van der Waals surface area contributed by atoms with E-state index in [2.05, 4.69) is 26.2 Å². The average molecular weight is 273 g/mol. The molecule has 15 heavy (non-hydrogen) atoms. The van der Waals surface area contributed by atoms with Gasteiger partial charge in [-0.2, -0.15) is 0 Å². The molecule has 2 atom stereocenters. The number of pyridine rings is 1. The van der Waals surface area contributed by atoms with Crippen molar-refractivity contribution < 1.29 is 5.11 Å². The topological polar surface area (TPSA) is 45.1 Å². The van der Waals surface area contributed by atoms with Crippen molar-refractivity contribution in [3.8, 4) is 0 Å². The molecule has 0 aliphatic carbocycles. The summed E-state index contributed by atoms with van der Waals surface area (Å²) in [5.41, 5.74) is 1.15. The summed E-state index contributed by atoms with van der Waals surface area (Å²) in [5.74, 6) is 1.07. The van der Waals surface area contributed by atoms with Crippen molar-refractivity contribution in [2.45, 2.75) is 26.8 Å². The predicted octanol–water partition coefficient (Wildman–Crippen LogP) is 2.58. The Bertz CT molecular complexity index is 330. The number of nitrogens with one attached hydrogen (secondary N) is 1. The lowest BCUT2D eigenvalue weighted by molar-refractivity contribution is 0.226. The zero-order valence-corrected chi connectivity index (χ0v) is 10.9. The van der Waals surface area contributed by atoms with Crippen LogP contribution in [0, 0.1) is 12.8 Å². The summed E-state index contributed by atoms with van der Waals surface area (Å²) in [6.45, 7) is 6.25. The van der Waals surface area contributed by atoms with Crippen LogP contribution in [0.4, 0.5) is 5.82 Å². The van der Waals surface area contributed by atoms with Gasteiger partial charge in [0.05, 0.1) is 0 Å². The van der Waals surface area contributed by atoms with E-state index >= 15 is 0 Å². The first-order valence-corrected chi connectivity index (χ1v) is 5.83. The van der Waals surface area contributed by atoms with Crippen LogP contribution in [0.2, 0.25) is 0 Å². The quantitative estimate of drug-likeness (QED) is 0.886. The van der Waals surface area contributed by atoms with E-state index in [-0.39, 0.29) is 18.6 Å². The molecule has 0 fully saturated rings. The molecular weight excluding hydrogens is 256 g/mol. The van der Waals surface area contributed by atoms with Gasteiger partial charge in [0, 0.05) is 23.3 Å². The first kappa shape index (κ1) is 12.5. The van der Waals surface area contributed by atoms with Gasteiger partial charge in [-0.15, -0.1) is 0 Å². The minimum absolute atomic E-state index is 0.184. The molecule has 0 amide bonds. The third-order valence-electron chi connectivity index (χ3n) is 2.56. The number of rotatable bonds is 4. The van der Waals surface area contributed by atoms with Crippen molar-refractivity contribution in [1.29, 1.82) is 0 Å². The second-order valence-electron chi connectivity index (χ2n) is 3.91. The molecule has 3 nitrogen and oxygen atoms in total. The van der Waals surface area contributed by atoms with Gasteiger partial charge >= 0.3 is 0 Å². The minimum atomic E-state index is 0.184. The zero-order valence-electron chi connectivity index (χ0n) is 9.29. The van der Waals surface area contributed by atoms with Crippen LogP contribution >= 0.6 is 15.9 Å². The Kier molecular flexibility index (Phi) is 4.54. The molecule has 2 N–H and O–H groups in total. The van der Waals surface area contributed by atoms with E-state index in [1.807, 2.05) is 26.8 Å². The van der Waals surface area contributed by atoms with E-state index in [4.69, 9.17) is 5.11 Å². The standard InChI is InChI=1S/C11H17BrN2O/c1-7-4-11(13-5-10(7)12)14-9(3)8(2)6-15/h4-5,8-9,15H,6H2,1-3H3,(H,13,14). The van der Waals surface area contributed by atoms with Crippen LogP contribution in [0.1, 0.15) is 19.4 Å². The van der Waals surface area contributed by atoms with Gasteiger partial charge in [0.1, 0.15) is 5.82 Å². The molecule has 1 aromatic rings. The van der Waals surface area contributed by atoms with Crippen LogP contribution in [0.3, 0.4) is 0 Å². The van der Waals surface area contributed by atoms with E-state index in [1.165, 1.54) is 0 Å². The van der Waals surface area contributed by atoms with Crippen LogP contribution in [-0.4, -0.2) is 22.7 Å². The number of anilines is 1. The highest BCUT2D eigenvalue weighted by Crippen LogP contribution is 2.18. The summed E-state index contributed by atoms with van der Waals surface area (Å²) in [4.78, 5) is 4.26. The Labute approximate surface area is 99.1 Å². The Morgan fingerprint density at radius 2 is 2.20 bits per heavy atom. The lowest BCUT2D eigenvalue weighted by Gasteiger charge is -2.20. The molecule has 84 valence electrons. The summed E-state index contributed by atoms with van der Waals surface area (Å²) < 4.78 is 1.01. The van der Waals surface area contributed by atoms with Gasteiger partial charge in [-0.25, -0.2) is 4.98 Å². The van der Waals surface area contributed by atoms with Gasteiger partial charge < -0.3 is 10.4 Å². The second kappa shape index (κ2) is 5.47. The summed E-state index contributed by atoms with van der Waals surface area (Å²) in [7, 11) is 0. The summed E-state index contributed by atoms with van der Waals surface area (Å²) >= 11 is 3.41. The van der Waals surface area contributed by atoms with E-state index in [0.717, 1.165) is 15.9 Å². The van der Waals surface area contributed by atoms with Gasteiger partial charge in [0.2, 0.25) is 0 Å². The summed E-state index contributed by atoms with van der Waals surface area (Å²) in [5, 5.41) is 12.3. The highest BCUT2D eigenvalue weighted by Gasteiger charge is 2.11. The minimum Gasteiger partial charge on any atom is -0.396 e. The fraction of sp³-hybridized carbons (Fsp3) is 0.545. The Hall–Kier alpha value is -0.610. The average Bonchev–Trinajstić information content (AvgIpc) is 2.22. The number of aromatic nitrogens is 1. The van der Waals surface area contributed by atoms with E-state index in [0.29, 0.717) is 0 Å². The molecule has 0 bridgehead atoms. The lowest BCUT2D eigenvalue weighted by atomic mass is 10.1. The molecular formula is C11H17BrN2O. The van der Waals surface area contributed by atoms with Crippen molar-refractivity contribution >= 4 is 21.7 Å². The molecule has 0 aliphatic heterocycles. The summed E-state index contributed by atoms with van der Waals surface area (Å²) in [6, 6.07) is 2.20. The summed E-state index contributed by atoms with van der Waals surface area (Å²) in [6.07, 6.45) is 1.79. The van der Waals surface area contributed by atoms with Crippen molar-refractivity contribution in [1.82, 2.24) is 4.98 Å². The highest BCUT2D eigenvalue weighted by atomic mass is 79.9. The SMILES string of the molecule is Cc1cc(NC(C)C(C)CO)ncc1Br. The fourth-order valence-corrected chi connectivity index (χ4v) is 1.37. The molecule has 0 saturated heterocycles. The Balaban J connectivity index is 2.68. The number of aliphatic hydroxyl groups excluding tert-OH is 1. The van der Waals surface area contributed by atoms with Gasteiger partial charge in [-0.05, 0) is 47.3 Å². The zero-order chi connectivity index (χ0) is 11.4. The number of halogens is 1. The largest absolute Gasteiger partial charge is 0.396 e. The van der Waals surface area contributed by atoms with Crippen LogP contribution in [-0.2, 0) is 0 Å². The molecule has 0 saturated carbocycles. The number of hydrogen-bond acceptors (Lipinski definition) is 3. The lowest BCUT2D eigenvalue weighted by Crippen LogP contribution is -2.26. The molecule has 0 aliphatic rings. The Morgan fingerprint density at radius 3 is 2.73 bits per heavy atom. The van der Waals surface area contributed by atoms with Gasteiger partial charge in [0.25, 0.3) is 0 Å². The van der Waals surface area contributed by atoms with Crippen LogP contribution in [0.5, 0.6) is 0 Å². The number of hydrogen-bond donors (Lipinski definition) is 2. The van der Waals surface area contributed by atoms with Crippen molar-refractivity contribution in [3.63, 3.8) is 0 Å². The molecule has 1 aromatic heterocycles. The molecule has 0 spiro atoms. The third-order valence-corrected chi connectivity index (χ3v) is 3.39. The first-order valence-electron chi connectivity index (χ1n) is 5.04. The predicted molar refractivity (Wildman–Crippen MR) is 66.0 cm³/mol. The van der Waals surface area contributed by atoms with Crippen molar-refractivity contribution in [2.24, 2.45) is 5.92 Å². The van der Waals surface area contributed by atoms with Crippen LogP contribution in [0.25, 0.3) is 0 Å². The molecule has 1 heterocycles. The number of aliphatic hydroxyl groups is 1. The maximum Gasteiger partial charge on any atom is 0.126 e. The van der Waals surface area contributed by atoms with Crippen molar-refractivity contribution in [3.05, 3.63) is 22.3 Å².